The van der Waals surface area contributed by atoms with Crippen LogP contribution in [-0.2, 0) is 11.2 Å². The van der Waals surface area contributed by atoms with E-state index in [0.717, 1.165) is 43.6 Å². The lowest BCUT2D eigenvalue weighted by atomic mass is 9.91. The van der Waals surface area contributed by atoms with Gasteiger partial charge < -0.3 is 9.80 Å². The van der Waals surface area contributed by atoms with Gasteiger partial charge in [-0.1, -0.05) is 12.8 Å². The van der Waals surface area contributed by atoms with Gasteiger partial charge in [-0.15, -0.1) is 0 Å². The Morgan fingerprint density at radius 2 is 2.14 bits per heavy atom. The topological polar surface area (TPSA) is 49.3 Å². The molecule has 112 valence electrons. The van der Waals surface area contributed by atoms with E-state index in [4.69, 9.17) is 11.6 Å². The summed E-state index contributed by atoms with van der Waals surface area (Å²) in [4.78, 5) is 25.6. The van der Waals surface area contributed by atoms with Crippen LogP contribution in [0.1, 0.15) is 37.7 Å². The molecular formula is C15H19ClN4O. The van der Waals surface area contributed by atoms with E-state index in [2.05, 4.69) is 14.9 Å². The van der Waals surface area contributed by atoms with Gasteiger partial charge in [-0.3, -0.25) is 4.79 Å². The standard InChI is InChI=1S/C15H19ClN4O/c1-19-7-6-15(13(19)21)8-10-9-17-14(16)18-12(10)20(15)11-4-2-3-5-11/h9,11H,2-8H2,1H3. The molecule has 1 aromatic rings. The molecule has 21 heavy (non-hydrogen) atoms. The molecule has 1 aromatic heterocycles. The summed E-state index contributed by atoms with van der Waals surface area (Å²) in [6.45, 7) is 0.817. The first-order valence-electron chi connectivity index (χ1n) is 7.68. The highest BCUT2D eigenvalue weighted by atomic mass is 35.5. The lowest BCUT2D eigenvalue weighted by Crippen LogP contribution is -2.56. The van der Waals surface area contributed by atoms with E-state index in [1.165, 1.54) is 12.8 Å². The third-order valence-corrected chi connectivity index (χ3v) is 5.46. The number of nitrogens with zero attached hydrogens (tertiary/aromatic N) is 4. The second-order valence-electron chi connectivity index (χ2n) is 6.48. The molecule has 3 heterocycles. The summed E-state index contributed by atoms with van der Waals surface area (Å²) in [6, 6.07) is 0.410. The lowest BCUT2D eigenvalue weighted by Gasteiger charge is -2.39. The lowest BCUT2D eigenvalue weighted by molar-refractivity contribution is -0.131. The number of amides is 1. The van der Waals surface area contributed by atoms with E-state index < -0.39 is 5.54 Å². The molecule has 1 unspecified atom stereocenters. The van der Waals surface area contributed by atoms with Crippen molar-refractivity contribution in [3.05, 3.63) is 17.0 Å². The number of likely N-dealkylation sites (N-methyl/N-ethyl adjacent to an activating group) is 1. The molecule has 6 heteroatoms. The molecule has 2 aliphatic heterocycles. The van der Waals surface area contributed by atoms with Crippen LogP contribution in [0.3, 0.4) is 0 Å². The second kappa shape index (κ2) is 4.57. The molecule has 1 saturated heterocycles. The fourth-order valence-corrected chi connectivity index (χ4v) is 4.43. The van der Waals surface area contributed by atoms with Gasteiger partial charge in [-0.05, 0) is 30.9 Å². The van der Waals surface area contributed by atoms with E-state index in [1.54, 1.807) is 6.20 Å². The molecule has 3 aliphatic rings. The van der Waals surface area contributed by atoms with Crippen LogP contribution in [0.2, 0.25) is 5.28 Å². The maximum atomic E-state index is 12.9. The minimum absolute atomic E-state index is 0.225. The number of carbonyl (C=O) groups excluding carboxylic acids is 1. The van der Waals surface area contributed by atoms with E-state index >= 15 is 0 Å². The van der Waals surface area contributed by atoms with Crippen molar-refractivity contribution in [2.24, 2.45) is 0 Å². The molecule has 1 atom stereocenters. The minimum Gasteiger partial charge on any atom is -0.344 e. The van der Waals surface area contributed by atoms with Gasteiger partial charge in [0.2, 0.25) is 11.2 Å². The fourth-order valence-electron chi connectivity index (χ4n) is 4.30. The zero-order valence-electron chi connectivity index (χ0n) is 12.2. The van der Waals surface area contributed by atoms with Crippen molar-refractivity contribution in [2.75, 3.05) is 18.5 Å². The molecule has 4 rings (SSSR count). The third-order valence-electron chi connectivity index (χ3n) is 5.28. The molecule has 5 nitrogen and oxygen atoms in total. The van der Waals surface area contributed by atoms with Crippen LogP contribution in [-0.4, -0.2) is 45.9 Å². The first-order chi connectivity index (χ1) is 10.1. The Bertz CT molecular complexity index is 601. The number of aromatic nitrogens is 2. The molecule has 0 N–H and O–H groups in total. The SMILES string of the molecule is CN1CCC2(Cc3cnc(Cl)nc3N2C2CCCC2)C1=O. The van der Waals surface area contributed by atoms with Gasteiger partial charge >= 0.3 is 0 Å². The molecule has 1 saturated carbocycles. The number of hydrogen-bond donors (Lipinski definition) is 0. The Morgan fingerprint density at radius 1 is 1.38 bits per heavy atom. The average Bonchev–Trinajstić information content (AvgIpc) is 3.14. The summed E-state index contributed by atoms with van der Waals surface area (Å²) in [6.07, 6.45) is 8.13. The predicted molar refractivity (Wildman–Crippen MR) is 80.5 cm³/mol. The quantitative estimate of drug-likeness (QED) is 0.745. The van der Waals surface area contributed by atoms with Crippen LogP contribution in [0.4, 0.5) is 5.82 Å². The molecule has 0 bridgehead atoms. The van der Waals surface area contributed by atoms with E-state index in [-0.39, 0.29) is 11.2 Å². The van der Waals surface area contributed by atoms with Crippen LogP contribution in [0.25, 0.3) is 0 Å². The first-order valence-corrected chi connectivity index (χ1v) is 8.06. The van der Waals surface area contributed by atoms with E-state index in [9.17, 15) is 4.79 Å². The number of fused-ring (bicyclic) bond motifs is 1. The van der Waals surface area contributed by atoms with Gasteiger partial charge in [0.15, 0.2) is 0 Å². The highest BCUT2D eigenvalue weighted by molar-refractivity contribution is 6.28. The van der Waals surface area contributed by atoms with Crippen molar-refractivity contribution in [3.63, 3.8) is 0 Å². The molecule has 0 aromatic carbocycles. The summed E-state index contributed by atoms with van der Waals surface area (Å²) >= 11 is 6.01. The fraction of sp³-hybridized carbons (Fsp3) is 0.667. The number of carbonyl (C=O) groups is 1. The molecule has 1 amide bonds. The average molecular weight is 307 g/mol. The van der Waals surface area contributed by atoms with Gasteiger partial charge in [0.1, 0.15) is 11.4 Å². The zero-order chi connectivity index (χ0) is 14.6. The minimum atomic E-state index is -0.439. The molecular weight excluding hydrogens is 288 g/mol. The van der Waals surface area contributed by atoms with Crippen molar-refractivity contribution in [3.8, 4) is 0 Å². The van der Waals surface area contributed by atoms with Crippen LogP contribution in [0.15, 0.2) is 6.20 Å². The smallest absolute Gasteiger partial charge is 0.248 e. The number of rotatable bonds is 1. The van der Waals surface area contributed by atoms with Crippen molar-refractivity contribution < 1.29 is 4.79 Å². The highest BCUT2D eigenvalue weighted by Crippen LogP contribution is 2.47. The van der Waals surface area contributed by atoms with Gasteiger partial charge in [-0.25, -0.2) is 9.97 Å². The molecule has 0 radical (unpaired) electrons. The second-order valence-corrected chi connectivity index (χ2v) is 6.82. The number of halogens is 1. The Labute approximate surface area is 129 Å². The van der Waals surface area contributed by atoms with Gasteiger partial charge in [-0.2, -0.15) is 0 Å². The Hall–Kier alpha value is -1.36. The van der Waals surface area contributed by atoms with Crippen molar-refractivity contribution in [1.29, 1.82) is 0 Å². The maximum absolute atomic E-state index is 12.9. The maximum Gasteiger partial charge on any atom is 0.248 e. The van der Waals surface area contributed by atoms with Crippen molar-refractivity contribution >= 4 is 23.3 Å². The van der Waals surface area contributed by atoms with Crippen LogP contribution >= 0.6 is 11.6 Å². The first kappa shape index (κ1) is 13.3. The summed E-state index contributed by atoms with van der Waals surface area (Å²) < 4.78 is 0. The summed E-state index contributed by atoms with van der Waals surface area (Å²) in [7, 11) is 1.89. The Morgan fingerprint density at radius 3 is 2.81 bits per heavy atom. The largest absolute Gasteiger partial charge is 0.344 e. The van der Waals surface area contributed by atoms with Crippen LogP contribution in [0.5, 0.6) is 0 Å². The highest BCUT2D eigenvalue weighted by Gasteiger charge is 2.56. The Balaban J connectivity index is 1.83. The normalized spacial score (nSPS) is 29.0. The molecule has 1 aliphatic carbocycles. The molecule has 1 spiro atoms. The van der Waals surface area contributed by atoms with Gasteiger partial charge in [0.25, 0.3) is 0 Å². The monoisotopic (exact) mass is 306 g/mol. The zero-order valence-corrected chi connectivity index (χ0v) is 12.9. The van der Waals surface area contributed by atoms with Gasteiger partial charge in [0.05, 0.1) is 0 Å². The third kappa shape index (κ3) is 1.79. The number of likely N-dealkylation sites (tertiary alicyclic amines) is 1. The number of anilines is 1. The van der Waals surface area contributed by atoms with E-state index in [0.29, 0.717) is 6.04 Å². The molecule has 2 fully saturated rings. The van der Waals surface area contributed by atoms with Gasteiger partial charge in [0, 0.05) is 37.8 Å². The Kier molecular flexibility index (Phi) is 2.89. The predicted octanol–water partition coefficient (Wildman–Crippen LogP) is 2.04. The van der Waals surface area contributed by atoms with Crippen molar-refractivity contribution in [1.82, 2.24) is 14.9 Å². The summed E-state index contributed by atoms with van der Waals surface area (Å²) in [5, 5.41) is 0.271. The van der Waals surface area contributed by atoms with E-state index in [1.807, 2.05) is 11.9 Å². The van der Waals surface area contributed by atoms with Crippen molar-refractivity contribution in [2.45, 2.75) is 50.1 Å². The van der Waals surface area contributed by atoms with Crippen LogP contribution < -0.4 is 4.90 Å². The van der Waals surface area contributed by atoms with Crippen LogP contribution in [0, 0.1) is 0 Å². The number of hydrogen-bond acceptors (Lipinski definition) is 4. The summed E-state index contributed by atoms with van der Waals surface area (Å²) in [5.74, 6) is 1.12. The summed E-state index contributed by atoms with van der Waals surface area (Å²) in [5.41, 5.74) is 0.626.